The Hall–Kier alpha value is -1.66. The highest BCUT2D eigenvalue weighted by molar-refractivity contribution is 7.80. The van der Waals surface area contributed by atoms with Crippen LogP contribution in [0.1, 0.15) is 30.3 Å². The van der Waals surface area contributed by atoms with Crippen LogP contribution in [0.4, 0.5) is 5.69 Å². The van der Waals surface area contributed by atoms with Gasteiger partial charge in [-0.1, -0.05) is 29.5 Å². The van der Waals surface area contributed by atoms with Crippen LogP contribution in [0.3, 0.4) is 0 Å². The van der Waals surface area contributed by atoms with Crippen molar-refractivity contribution in [1.82, 2.24) is 9.99 Å². The van der Waals surface area contributed by atoms with Crippen LogP contribution < -0.4 is 15.5 Å². The fourth-order valence-electron chi connectivity index (χ4n) is 2.73. The highest BCUT2D eigenvalue weighted by Crippen LogP contribution is 2.23. The lowest BCUT2D eigenvalue weighted by molar-refractivity contribution is 0.607. The molecule has 0 spiro atoms. The summed E-state index contributed by atoms with van der Waals surface area (Å²) in [5, 5.41) is 8.15. The van der Waals surface area contributed by atoms with Gasteiger partial charge in [0.15, 0.2) is 5.11 Å². The molecule has 1 aliphatic rings. The summed E-state index contributed by atoms with van der Waals surface area (Å²) < 4.78 is 2.30. The normalized spacial score (nSPS) is 14.5. The molecule has 1 aromatic heterocycles. The maximum atomic E-state index is 5.30. The number of aryl methyl sites for hydroxylation is 1. The first-order chi connectivity index (χ1) is 10.8. The number of hydrogen-bond donors (Lipinski definition) is 2. The van der Waals surface area contributed by atoms with E-state index in [9.17, 15) is 0 Å². The molecule has 0 saturated carbocycles. The molecule has 3 rings (SSSR count). The van der Waals surface area contributed by atoms with E-state index in [0.717, 1.165) is 17.0 Å². The van der Waals surface area contributed by atoms with Crippen LogP contribution in [0.5, 0.6) is 0 Å². The van der Waals surface area contributed by atoms with Gasteiger partial charge in [0.2, 0.25) is 4.80 Å². The zero-order valence-corrected chi connectivity index (χ0v) is 14.3. The molecular formula is C16H20N4S2. The minimum Gasteiger partial charge on any atom is -0.331 e. The van der Waals surface area contributed by atoms with E-state index in [1.807, 2.05) is 30.3 Å². The molecule has 4 nitrogen and oxygen atoms in total. The smallest absolute Gasteiger partial charge is 0.208 e. The molecule has 0 amide bonds. The first-order valence-corrected chi connectivity index (χ1v) is 8.87. The minimum atomic E-state index is 0.514. The van der Waals surface area contributed by atoms with Crippen LogP contribution in [-0.4, -0.2) is 9.68 Å². The lowest BCUT2D eigenvalue weighted by atomic mass is 10.0. The number of anilines is 1. The fraction of sp³-hybridized carbons (Fsp3) is 0.375. The molecule has 0 bridgehead atoms. The number of fused-ring (bicyclic) bond motifs is 1. The highest BCUT2D eigenvalue weighted by atomic mass is 32.1. The second kappa shape index (κ2) is 7.07. The number of benzene rings is 1. The molecule has 0 unspecified atom stereocenters. The second-order valence-electron chi connectivity index (χ2n) is 5.25. The molecule has 1 heterocycles. The number of nitrogens with one attached hydrogen (secondary N) is 2. The lowest BCUT2D eigenvalue weighted by Crippen LogP contribution is -2.28. The molecule has 6 heteroatoms. The highest BCUT2D eigenvalue weighted by Gasteiger charge is 2.16. The van der Waals surface area contributed by atoms with Gasteiger partial charge in [-0.3, -0.25) is 5.43 Å². The van der Waals surface area contributed by atoms with Gasteiger partial charge in [0.25, 0.3) is 0 Å². The summed E-state index contributed by atoms with van der Waals surface area (Å²) in [6.45, 7) is 3.12. The van der Waals surface area contributed by atoms with E-state index in [4.69, 9.17) is 12.2 Å². The van der Waals surface area contributed by atoms with E-state index in [1.54, 1.807) is 11.3 Å². The Bertz CT molecular complexity index is 715. The van der Waals surface area contributed by atoms with Gasteiger partial charge in [-0.05, 0) is 57.0 Å². The largest absolute Gasteiger partial charge is 0.331 e. The average Bonchev–Trinajstić information content (AvgIpc) is 2.91. The molecule has 0 radical (unpaired) electrons. The maximum absolute atomic E-state index is 5.30. The summed E-state index contributed by atoms with van der Waals surface area (Å²) >= 11 is 7.08. The quantitative estimate of drug-likeness (QED) is 0.670. The van der Waals surface area contributed by atoms with E-state index < -0.39 is 0 Å². The SMILES string of the molecule is CCn1c2c(s/c1=N/NC(=S)Nc1ccccc1)CCCC2. The Morgan fingerprint density at radius 2 is 2.05 bits per heavy atom. The topological polar surface area (TPSA) is 41.4 Å². The summed E-state index contributed by atoms with van der Waals surface area (Å²) in [7, 11) is 0. The van der Waals surface area contributed by atoms with E-state index in [0.29, 0.717) is 5.11 Å². The molecule has 1 aliphatic carbocycles. The summed E-state index contributed by atoms with van der Waals surface area (Å²) in [6, 6.07) is 9.88. The molecule has 2 aromatic rings. The molecule has 0 aliphatic heterocycles. The van der Waals surface area contributed by atoms with Crippen molar-refractivity contribution >= 4 is 34.4 Å². The summed E-state index contributed by atoms with van der Waals surface area (Å²) in [5.41, 5.74) is 5.39. The predicted molar refractivity (Wildman–Crippen MR) is 96.0 cm³/mol. The Kier molecular flexibility index (Phi) is 4.90. The molecule has 0 atom stereocenters. The van der Waals surface area contributed by atoms with Gasteiger partial charge in [-0.15, -0.1) is 5.10 Å². The molecule has 22 heavy (non-hydrogen) atoms. The average molecular weight is 332 g/mol. The van der Waals surface area contributed by atoms with E-state index in [1.165, 1.54) is 36.3 Å². The zero-order valence-electron chi connectivity index (χ0n) is 12.6. The van der Waals surface area contributed by atoms with Gasteiger partial charge in [0, 0.05) is 22.8 Å². The summed E-state index contributed by atoms with van der Waals surface area (Å²) in [4.78, 5) is 2.49. The first-order valence-electron chi connectivity index (χ1n) is 7.65. The van der Waals surface area contributed by atoms with Crippen LogP contribution in [0, 0.1) is 0 Å². The van der Waals surface area contributed by atoms with Gasteiger partial charge in [-0.25, -0.2) is 0 Å². The summed E-state index contributed by atoms with van der Waals surface area (Å²) in [5.74, 6) is 0. The van der Waals surface area contributed by atoms with E-state index in [2.05, 4.69) is 27.3 Å². The molecule has 2 N–H and O–H groups in total. The maximum Gasteiger partial charge on any atom is 0.208 e. The molecule has 0 fully saturated rings. The number of thiazole rings is 1. The minimum absolute atomic E-state index is 0.514. The number of nitrogens with zero attached hydrogens (tertiary/aromatic N) is 2. The zero-order chi connectivity index (χ0) is 15.4. The van der Waals surface area contributed by atoms with Gasteiger partial charge < -0.3 is 9.88 Å². The van der Waals surface area contributed by atoms with Crippen molar-refractivity contribution in [2.45, 2.75) is 39.2 Å². The van der Waals surface area contributed by atoms with Crippen molar-refractivity contribution in [2.75, 3.05) is 5.32 Å². The lowest BCUT2D eigenvalue weighted by Gasteiger charge is -2.12. The van der Waals surface area contributed by atoms with Crippen LogP contribution in [0.15, 0.2) is 35.4 Å². The number of hydrogen-bond acceptors (Lipinski definition) is 3. The van der Waals surface area contributed by atoms with Crippen LogP contribution >= 0.6 is 23.6 Å². The van der Waals surface area contributed by atoms with Crippen molar-refractivity contribution in [2.24, 2.45) is 5.10 Å². The van der Waals surface area contributed by atoms with Crippen molar-refractivity contribution in [3.8, 4) is 0 Å². The fourth-order valence-corrected chi connectivity index (χ4v) is 4.13. The number of thiocarbonyl (C=S) groups is 1. The molecular weight excluding hydrogens is 312 g/mol. The third-order valence-electron chi connectivity index (χ3n) is 3.76. The van der Waals surface area contributed by atoms with Crippen LogP contribution in [-0.2, 0) is 19.4 Å². The Balaban J connectivity index is 1.75. The number of rotatable bonds is 3. The third kappa shape index (κ3) is 3.39. The van der Waals surface area contributed by atoms with Crippen molar-refractivity contribution < 1.29 is 0 Å². The number of para-hydroxylation sites is 1. The predicted octanol–water partition coefficient (Wildman–Crippen LogP) is 3.25. The van der Waals surface area contributed by atoms with Crippen molar-refractivity contribution in [1.29, 1.82) is 0 Å². The monoisotopic (exact) mass is 332 g/mol. The number of aromatic nitrogens is 1. The van der Waals surface area contributed by atoms with Crippen molar-refractivity contribution in [3.63, 3.8) is 0 Å². The standard InChI is InChI=1S/C16H20N4S2/c1-2-20-13-10-6-7-11-14(13)22-16(20)19-18-15(21)17-12-8-4-3-5-9-12/h3-5,8-9H,2,6-7,10-11H2,1H3,(H2,17,18,21)/b19-16+. The summed E-state index contributed by atoms with van der Waals surface area (Å²) in [6.07, 6.45) is 4.92. The van der Waals surface area contributed by atoms with E-state index >= 15 is 0 Å². The van der Waals surface area contributed by atoms with Gasteiger partial charge >= 0.3 is 0 Å². The Morgan fingerprint density at radius 1 is 1.27 bits per heavy atom. The van der Waals surface area contributed by atoms with Gasteiger partial charge in [0.1, 0.15) is 0 Å². The van der Waals surface area contributed by atoms with Crippen LogP contribution in [0.25, 0.3) is 0 Å². The Labute approximate surface area is 139 Å². The molecule has 116 valence electrons. The second-order valence-corrected chi connectivity index (χ2v) is 6.72. The van der Waals surface area contributed by atoms with Gasteiger partial charge in [0.05, 0.1) is 0 Å². The van der Waals surface area contributed by atoms with E-state index in [-0.39, 0.29) is 0 Å². The third-order valence-corrected chi connectivity index (χ3v) is 5.14. The molecule has 0 saturated heterocycles. The Morgan fingerprint density at radius 3 is 2.82 bits per heavy atom. The molecule has 1 aromatic carbocycles. The first kappa shape index (κ1) is 15.2. The van der Waals surface area contributed by atoms with Crippen LogP contribution in [0.2, 0.25) is 0 Å². The van der Waals surface area contributed by atoms with Crippen molar-refractivity contribution in [3.05, 3.63) is 45.7 Å². The van der Waals surface area contributed by atoms with Gasteiger partial charge in [-0.2, -0.15) is 0 Å².